The van der Waals surface area contributed by atoms with Crippen molar-refractivity contribution in [2.45, 2.75) is 25.3 Å². The molecular weight excluding hydrogens is 527 g/mol. The summed E-state index contributed by atoms with van der Waals surface area (Å²) in [5.74, 6) is 0.0599. The van der Waals surface area contributed by atoms with Crippen LogP contribution in [0.1, 0.15) is 24.4 Å². The zero-order valence-electron chi connectivity index (χ0n) is 20.5. The molecule has 0 spiro atoms. The van der Waals surface area contributed by atoms with Gasteiger partial charge in [0, 0.05) is 42.8 Å². The number of rotatable bonds is 7. The number of halogens is 2. The van der Waals surface area contributed by atoms with E-state index in [0.717, 1.165) is 18.4 Å². The fraction of sp³-hybridized carbons (Fsp3) is 0.296. The van der Waals surface area contributed by atoms with Crippen LogP contribution in [0.25, 0.3) is 16.9 Å². The van der Waals surface area contributed by atoms with Crippen molar-refractivity contribution in [1.82, 2.24) is 29.4 Å². The number of aromatic nitrogens is 5. The van der Waals surface area contributed by atoms with Gasteiger partial charge in [-0.25, -0.2) is 9.67 Å². The Morgan fingerprint density at radius 2 is 1.84 bits per heavy atom. The molecule has 1 N–H and O–H groups in total. The van der Waals surface area contributed by atoms with Crippen LogP contribution in [-0.4, -0.2) is 60.2 Å². The molecule has 2 aromatic heterocycles. The third-order valence-corrected chi connectivity index (χ3v) is 7.27. The first-order chi connectivity index (χ1) is 18.4. The Kier molecular flexibility index (Phi) is 7.87. The van der Waals surface area contributed by atoms with Gasteiger partial charge < -0.3 is 10.0 Å². The van der Waals surface area contributed by atoms with Gasteiger partial charge >= 0.3 is 0 Å². The minimum atomic E-state index is -0.759. The summed E-state index contributed by atoms with van der Waals surface area (Å²) < 4.78 is 2.88. The molecular formula is C27H26Cl2N6O3. The molecule has 1 aliphatic rings. The fourth-order valence-corrected chi connectivity index (χ4v) is 5.05. The Balaban J connectivity index is 1.51. The molecule has 3 heterocycles. The molecule has 9 nitrogen and oxygen atoms in total. The molecule has 0 unspecified atom stereocenters. The molecule has 4 aromatic rings. The predicted molar refractivity (Wildman–Crippen MR) is 144 cm³/mol. The lowest BCUT2D eigenvalue weighted by Crippen LogP contribution is -2.45. The zero-order chi connectivity index (χ0) is 26.6. The second-order valence-electron chi connectivity index (χ2n) is 9.32. The molecule has 38 heavy (non-hydrogen) atoms. The Morgan fingerprint density at radius 1 is 1.08 bits per heavy atom. The number of carbonyl (C=O) groups is 1. The number of hydrogen-bond acceptors (Lipinski definition) is 6. The van der Waals surface area contributed by atoms with Crippen molar-refractivity contribution in [3.63, 3.8) is 0 Å². The van der Waals surface area contributed by atoms with Gasteiger partial charge in [-0.2, -0.15) is 0 Å². The summed E-state index contributed by atoms with van der Waals surface area (Å²) in [5.41, 5.74) is 2.12. The van der Waals surface area contributed by atoms with Gasteiger partial charge in [-0.1, -0.05) is 58.7 Å². The van der Waals surface area contributed by atoms with Crippen LogP contribution in [0.4, 0.5) is 0 Å². The number of aliphatic hydroxyl groups excluding tert-OH is 1. The van der Waals surface area contributed by atoms with Gasteiger partial charge in [0.1, 0.15) is 6.04 Å². The van der Waals surface area contributed by atoms with Crippen LogP contribution in [0.5, 0.6) is 0 Å². The van der Waals surface area contributed by atoms with Crippen LogP contribution in [0.2, 0.25) is 10.2 Å². The fourth-order valence-electron chi connectivity index (χ4n) is 4.75. The van der Waals surface area contributed by atoms with Crippen LogP contribution in [0.15, 0.2) is 71.9 Å². The summed E-state index contributed by atoms with van der Waals surface area (Å²) in [6, 6.07) is 15.4. The quantitative estimate of drug-likeness (QED) is 0.373. The predicted octanol–water partition coefficient (Wildman–Crippen LogP) is 3.81. The number of aliphatic hydroxyl groups is 1. The van der Waals surface area contributed by atoms with E-state index in [1.54, 1.807) is 29.3 Å². The van der Waals surface area contributed by atoms with Gasteiger partial charge in [0.15, 0.2) is 5.15 Å². The second-order valence-corrected chi connectivity index (χ2v) is 10.1. The normalized spacial score (nSPS) is 15.0. The van der Waals surface area contributed by atoms with E-state index in [1.807, 2.05) is 30.3 Å². The summed E-state index contributed by atoms with van der Waals surface area (Å²) >= 11 is 12.2. The average molecular weight is 553 g/mol. The molecule has 0 aliphatic carbocycles. The minimum absolute atomic E-state index is 0.118. The first kappa shape index (κ1) is 26.1. The maximum Gasteiger partial charge on any atom is 0.254 e. The SMILES string of the molecule is O=C([C@H](Cc1ccccc1)n1cnc(-c2cc(Cl)ccc2-n2cc(Cl)nn2)cc1=O)N1CCC(CO)CC1. The third kappa shape index (κ3) is 5.65. The minimum Gasteiger partial charge on any atom is -0.396 e. The summed E-state index contributed by atoms with van der Waals surface area (Å²) in [6.07, 6.45) is 4.78. The number of carbonyl (C=O) groups excluding carboxylic acids is 1. The molecule has 1 atom stereocenters. The molecule has 1 saturated heterocycles. The van der Waals surface area contributed by atoms with Crippen LogP contribution in [-0.2, 0) is 11.2 Å². The summed E-state index contributed by atoms with van der Waals surface area (Å²) in [5, 5.41) is 18.0. The largest absolute Gasteiger partial charge is 0.396 e. The van der Waals surface area contributed by atoms with Crippen molar-refractivity contribution in [2.24, 2.45) is 5.92 Å². The van der Waals surface area contributed by atoms with E-state index >= 15 is 0 Å². The summed E-state index contributed by atoms with van der Waals surface area (Å²) in [6.45, 7) is 1.20. The van der Waals surface area contributed by atoms with Crippen LogP contribution in [0, 0.1) is 5.92 Å². The van der Waals surface area contributed by atoms with E-state index < -0.39 is 6.04 Å². The number of likely N-dealkylation sites (tertiary alicyclic amines) is 1. The molecule has 196 valence electrons. The number of nitrogens with zero attached hydrogens (tertiary/aromatic N) is 6. The monoisotopic (exact) mass is 552 g/mol. The molecule has 2 aromatic carbocycles. The molecule has 1 amide bonds. The molecule has 0 bridgehead atoms. The Bertz CT molecular complexity index is 1480. The highest BCUT2D eigenvalue weighted by molar-refractivity contribution is 6.31. The van der Waals surface area contributed by atoms with Crippen molar-refractivity contribution in [1.29, 1.82) is 0 Å². The highest BCUT2D eigenvalue weighted by Gasteiger charge is 2.30. The van der Waals surface area contributed by atoms with Gasteiger partial charge in [0.25, 0.3) is 5.56 Å². The molecule has 1 fully saturated rings. The topological polar surface area (TPSA) is 106 Å². The number of piperidine rings is 1. The standard InChI is InChI=1S/C27H26Cl2N6O3/c28-20-6-7-23(35-15-25(29)31-32-35)21(13-20)22-14-26(37)34(17-30-22)24(12-18-4-2-1-3-5-18)27(38)33-10-8-19(16-36)9-11-33/h1-7,13-15,17,19,24,36H,8-12,16H2/t24-/m0/s1. The van der Waals surface area contributed by atoms with E-state index in [4.69, 9.17) is 23.2 Å². The van der Waals surface area contributed by atoms with Gasteiger partial charge in [0.2, 0.25) is 5.91 Å². The van der Waals surface area contributed by atoms with Gasteiger partial charge in [-0.15, -0.1) is 5.10 Å². The second kappa shape index (κ2) is 11.5. The first-order valence-corrected chi connectivity index (χ1v) is 13.1. The lowest BCUT2D eigenvalue weighted by atomic mass is 9.96. The highest BCUT2D eigenvalue weighted by Crippen LogP contribution is 2.28. The van der Waals surface area contributed by atoms with Crippen molar-refractivity contribution in [3.05, 3.63) is 93.2 Å². The van der Waals surface area contributed by atoms with Crippen LogP contribution in [0.3, 0.4) is 0 Å². The third-order valence-electron chi connectivity index (χ3n) is 6.86. The van der Waals surface area contributed by atoms with E-state index in [2.05, 4.69) is 15.3 Å². The van der Waals surface area contributed by atoms with Gasteiger partial charge in [0.05, 0.1) is 23.9 Å². The Hall–Kier alpha value is -3.53. The highest BCUT2D eigenvalue weighted by atomic mass is 35.5. The Labute approximate surface area is 229 Å². The van der Waals surface area contributed by atoms with E-state index in [1.165, 1.54) is 21.6 Å². The van der Waals surface area contributed by atoms with E-state index in [0.29, 0.717) is 41.5 Å². The first-order valence-electron chi connectivity index (χ1n) is 12.3. The maximum atomic E-state index is 13.7. The lowest BCUT2D eigenvalue weighted by Gasteiger charge is -2.34. The molecule has 5 rings (SSSR count). The van der Waals surface area contributed by atoms with Crippen molar-refractivity contribution >= 4 is 29.1 Å². The van der Waals surface area contributed by atoms with Gasteiger partial charge in [-0.05, 0) is 42.5 Å². The number of amides is 1. The average Bonchev–Trinajstić information content (AvgIpc) is 3.38. The molecule has 11 heteroatoms. The molecule has 0 saturated carbocycles. The number of benzene rings is 2. The van der Waals surface area contributed by atoms with Crippen molar-refractivity contribution < 1.29 is 9.90 Å². The summed E-state index contributed by atoms with van der Waals surface area (Å²) in [7, 11) is 0. The zero-order valence-corrected chi connectivity index (χ0v) is 22.0. The Morgan fingerprint density at radius 3 is 2.50 bits per heavy atom. The molecule has 1 aliphatic heterocycles. The van der Waals surface area contributed by atoms with Crippen molar-refractivity contribution in [2.75, 3.05) is 19.7 Å². The smallest absolute Gasteiger partial charge is 0.254 e. The lowest BCUT2D eigenvalue weighted by molar-refractivity contribution is -0.136. The van der Waals surface area contributed by atoms with Crippen LogP contribution < -0.4 is 5.56 Å². The van der Waals surface area contributed by atoms with Gasteiger partial charge in [-0.3, -0.25) is 14.2 Å². The maximum absolute atomic E-state index is 13.7. The number of hydrogen-bond donors (Lipinski definition) is 1. The van der Waals surface area contributed by atoms with Crippen molar-refractivity contribution in [3.8, 4) is 16.9 Å². The van der Waals surface area contributed by atoms with Crippen LogP contribution >= 0.6 is 23.2 Å². The van der Waals surface area contributed by atoms with E-state index in [9.17, 15) is 14.7 Å². The molecule has 0 radical (unpaired) electrons. The summed E-state index contributed by atoms with van der Waals surface area (Å²) in [4.78, 5) is 33.6. The van der Waals surface area contributed by atoms with E-state index in [-0.39, 0.29) is 29.1 Å².